The molecule has 0 aliphatic carbocycles. The minimum absolute atomic E-state index is 0.0584. The third-order valence-electron chi connectivity index (χ3n) is 4.25. The number of benzene rings is 2. The zero-order chi connectivity index (χ0) is 22.6. The Kier molecular flexibility index (Phi) is 7.40. The van der Waals surface area contributed by atoms with Crippen LogP contribution in [0.25, 0.3) is 0 Å². The van der Waals surface area contributed by atoms with Crippen LogP contribution in [0.3, 0.4) is 0 Å². The summed E-state index contributed by atoms with van der Waals surface area (Å²) >= 11 is 0. The minimum atomic E-state index is -1.29. The molecule has 158 valence electrons. The summed E-state index contributed by atoms with van der Waals surface area (Å²) in [5, 5.41) is 41.7. The second kappa shape index (κ2) is 9.59. The monoisotopic (exact) mass is 452 g/mol. The van der Waals surface area contributed by atoms with Crippen molar-refractivity contribution in [2.75, 3.05) is 0 Å². The second-order valence-electron chi connectivity index (χ2n) is 5.88. The lowest BCUT2D eigenvalue weighted by Gasteiger charge is -2.11. The van der Waals surface area contributed by atoms with E-state index in [9.17, 15) is 40.0 Å². The number of nitrogens with zero attached hydrogens (tertiary/aromatic N) is 2. The van der Waals surface area contributed by atoms with Crippen LogP contribution in [0, 0.1) is 20.2 Å². The Morgan fingerprint density at radius 3 is 1.37 bits per heavy atom. The lowest BCUT2D eigenvalue weighted by atomic mass is 10.0. The molecule has 0 bridgehead atoms. The standard InChI is InChI=1S/C18H16N2O8S2/c1-3-9-11(17(21)22)5-7-13(15(9)19(25)26)29-30-14-8-6-12(18(23)24)10(4-2)16(14)20(27)28/h5-8H,3-4H2,1-2H3,(H,21,22)(H,23,24). The Hall–Kier alpha value is -3.12. The minimum Gasteiger partial charge on any atom is -0.478 e. The van der Waals surface area contributed by atoms with Crippen molar-refractivity contribution in [3.05, 3.63) is 66.7 Å². The maximum atomic E-state index is 11.6. The third-order valence-corrected chi connectivity index (χ3v) is 6.67. The van der Waals surface area contributed by atoms with E-state index in [2.05, 4.69) is 0 Å². The van der Waals surface area contributed by atoms with Crippen LogP contribution in [-0.2, 0) is 12.8 Å². The van der Waals surface area contributed by atoms with Gasteiger partial charge in [0.25, 0.3) is 11.4 Å². The van der Waals surface area contributed by atoms with Gasteiger partial charge in [-0.1, -0.05) is 13.8 Å². The van der Waals surface area contributed by atoms with Gasteiger partial charge in [0.1, 0.15) is 0 Å². The molecule has 0 saturated carbocycles. The molecule has 2 aromatic rings. The highest BCUT2D eigenvalue weighted by molar-refractivity contribution is 8.76. The van der Waals surface area contributed by atoms with Crippen LogP contribution in [0.5, 0.6) is 0 Å². The Labute approximate surface area is 178 Å². The van der Waals surface area contributed by atoms with Gasteiger partial charge in [0, 0.05) is 11.1 Å². The van der Waals surface area contributed by atoms with Crippen molar-refractivity contribution >= 4 is 44.9 Å². The van der Waals surface area contributed by atoms with E-state index in [1.165, 1.54) is 24.3 Å². The zero-order valence-corrected chi connectivity index (χ0v) is 17.4. The van der Waals surface area contributed by atoms with Crippen molar-refractivity contribution < 1.29 is 29.6 Å². The topological polar surface area (TPSA) is 161 Å². The molecule has 0 unspecified atom stereocenters. The number of carboxylic acids is 2. The summed E-state index contributed by atoms with van der Waals surface area (Å²) < 4.78 is 0. The number of nitro groups is 2. The molecule has 0 radical (unpaired) electrons. The molecule has 2 N–H and O–H groups in total. The van der Waals surface area contributed by atoms with Crippen molar-refractivity contribution in [3.8, 4) is 0 Å². The maximum Gasteiger partial charge on any atom is 0.336 e. The van der Waals surface area contributed by atoms with E-state index in [0.717, 1.165) is 21.6 Å². The summed E-state index contributed by atoms with van der Waals surface area (Å²) in [4.78, 5) is 44.9. The summed E-state index contributed by atoms with van der Waals surface area (Å²) in [6.07, 6.45) is 0.231. The number of rotatable bonds is 9. The summed E-state index contributed by atoms with van der Waals surface area (Å²) in [5.74, 6) is -2.57. The smallest absolute Gasteiger partial charge is 0.336 e. The fraction of sp³-hybridized carbons (Fsp3) is 0.222. The molecule has 0 atom stereocenters. The lowest BCUT2D eigenvalue weighted by molar-refractivity contribution is -0.388. The Morgan fingerprint density at radius 1 is 0.800 bits per heavy atom. The molecule has 0 fully saturated rings. The van der Waals surface area contributed by atoms with E-state index < -0.39 is 21.8 Å². The highest BCUT2D eigenvalue weighted by atomic mass is 33.1. The van der Waals surface area contributed by atoms with Gasteiger partial charge in [0.15, 0.2) is 0 Å². The number of aromatic carboxylic acids is 2. The van der Waals surface area contributed by atoms with E-state index in [1.54, 1.807) is 13.8 Å². The van der Waals surface area contributed by atoms with Gasteiger partial charge in [-0.25, -0.2) is 9.59 Å². The van der Waals surface area contributed by atoms with Gasteiger partial charge < -0.3 is 10.2 Å². The average molecular weight is 452 g/mol. The molecule has 0 saturated heterocycles. The summed E-state index contributed by atoms with van der Waals surface area (Å²) in [6, 6.07) is 5.10. The maximum absolute atomic E-state index is 11.6. The summed E-state index contributed by atoms with van der Waals surface area (Å²) in [7, 11) is 1.75. The molecule has 2 rings (SSSR count). The first-order valence-electron chi connectivity index (χ1n) is 8.55. The van der Waals surface area contributed by atoms with Gasteiger partial charge in [-0.2, -0.15) is 0 Å². The summed E-state index contributed by atoms with van der Waals surface area (Å²) in [6.45, 7) is 3.19. The Morgan fingerprint density at radius 2 is 1.13 bits per heavy atom. The molecule has 0 aromatic heterocycles. The molecule has 10 nitrogen and oxygen atoms in total. The highest BCUT2D eigenvalue weighted by Gasteiger charge is 2.28. The van der Waals surface area contributed by atoms with E-state index in [1.807, 2.05) is 0 Å². The molecular formula is C18H16N2O8S2. The van der Waals surface area contributed by atoms with Gasteiger partial charge in [-0.15, -0.1) is 0 Å². The van der Waals surface area contributed by atoms with Crippen molar-refractivity contribution in [2.45, 2.75) is 36.5 Å². The van der Waals surface area contributed by atoms with Gasteiger partial charge in [0.2, 0.25) is 0 Å². The van der Waals surface area contributed by atoms with E-state index in [0.29, 0.717) is 0 Å². The van der Waals surface area contributed by atoms with Crippen molar-refractivity contribution in [3.63, 3.8) is 0 Å². The quantitative estimate of drug-likeness (QED) is 0.306. The van der Waals surface area contributed by atoms with E-state index in [4.69, 9.17) is 0 Å². The third kappa shape index (κ3) is 4.54. The molecule has 30 heavy (non-hydrogen) atoms. The molecule has 0 spiro atoms. The molecule has 0 aliphatic rings. The van der Waals surface area contributed by atoms with Crippen LogP contribution in [0.2, 0.25) is 0 Å². The number of carboxylic acid groups (broad SMARTS) is 2. The largest absolute Gasteiger partial charge is 0.478 e. The number of hydrogen-bond donors (Lipinski definition) is 2. The molecule has 0 heterocycles. The van der Waals surface area contributed by atoms with Crippen LogP contribution in [0.4, 0.5) is 11.4 Å². The Bertz CT molecular complexity index is 971. The molecule has 0 aliphatic heterocycles. The first kappa shape index (κ1) is 23.2. The number of carbonyl (C=O) groups is 2. The van der Waals surface area contributed by atoms with Crippen molar-refractivity contribution in [1.29, 1.82) is 0 Å². The first-order chi connectivity index (χ1) is 14.1. The highest BCUT2D eigenvalue weighted by Crippen LogP contribution is 2.47. The zero-order valence-electron chi connectivity index (χ0n) is 15.8. The molecule has 12 heteroatoms. The van der Waals surface area contributed by atoms with Crippen molar-refractivity contribution in [1.82, 2.24) is 0 Å². The SMILES string of the molecule is CCc1c(C(=O)O)ccc(SSc2ccc(C(=O)O)c(CC)c2[N+](=O)[O-])c1[N+](=O)[O-]. The number of nitro benzene ring substituents is 2. The van der Waals surface area contributed by atoms with Gasteiger partial charge >= 0.3 is 11.9 Å². The average Bonchev–Trinajstić information content (AvgIpc) is 2.69. The van der Waals surface area contributed by atoms with Crippen LogP contribution < -0.4 is 0 Å². The molecule has 0 amide bonds. The first-order valence-corrected chi connectivity index (χ1v) is 10.7. The van der Waals surface area contributed by atoms with Crippen LogP contribution in [-0.4, -0.2) is 32.0 Å². The Balaban J connectivity index is 2.54. The summed E-state index contributed by atoms with van der Waals surface area (Å²) in [5.41, 5.74) is -0.968. The van der Waals surface area contributed by atoms with E-state index in [-0.39, 0.29) is 56.3 Å². The van der Waals surface area contributed by atoms with E-state index >= 15 is 0 Å². The predicted octanol–water partition coefficient (Wildman–Crippen LogP) is 4.82. The van der Waals surface area contributed by atoms with Crippen LogP contribution in [0.15, 0.2) is 34.1 Å². The van der Waals surface area contributed by atoms with Gasteiger partial charge in [-0.05, 0) is 58.7 Å². The fourth-order valence-corrected chi connectivity index (χ4v) is 5.30. The fourth-order valence-electron chi connectivity index (χ4n) is 2.97. The molecular weight excluding hydrogens is 436 g/mol. The van der Waals surface area contributed by atoms with Gasteiger partial charge in [-0.3, -0.25) is 20.2 Å². The van der Waals surface area contributed by atoms with Crippen LogP contribution >= 0.6 is 21.6 Å². The lowest BCUT2D eigenvalue weighted by Crippen LogP contribution is -2.07. The normalized spacial score (nSPS) is 10.6. The van der Waals surface area contributed by atoms with Crippen molar-refractivity contribution in [2.24, 2.45) is 0 Å². The van der Waals surface area contributed by atoms with Crippen LogP contribution in [0.1, 0.15) is 45.7 Å². The second-order valence-corrected chi connectivity index (χ2v) is 8.09. The number of hydrogen-bond acceptors (Lipinski definition) is 8. The van der Waals surface area contributed by atoms with Gasteiger partial charge in [0.05, 0.1) is 30.8 Å². The predicted molar refractivity (Wildman–Crippen MR) is 111 cm³/mol. The molecule has 2 aromatic carbocycles.